The zero-order valence-corrected chi connectivity index (χ0v) is 12.3. The molecule has 2 amide bonds. The number of benzene rings is 1. The fourth-order valence-corrected chi connectivity index (χ4v) is 2.99. The number of carbonyl (C=O) groups excluding carboxylic acids is 1. The fraction of sp³-hybridized carbons (Fsp3) is 0.500. The number of amides is 2. The number of para-hydroxylation sites is 1. The van der Waals surface area contributed by atoms with Gasteiger partial charge in [-0.25, -0.2) is 9.59 Å². The van der Waals surface area contributed by atoms with Crippen LogP contribution in [0.5, 0.6) is 0 Å². The van der Waals surface area contributed by atoms with Crippen molar-refractivity contribution >= 4 is 17.7 Å². The van der Waals surface area contributed by atoms with Crippen LogP contribution in [0.3, 0.4) is 0 Å². The minimum atomic E-state index is -1.05. The normalized spacial score (nSPS) is 16.4. The predicted octanol–water partition coefficient (Wildman–Crippen LogP) is 3.48. The molecule has 1 aromatic carbocycles. The number of carboxylic acids is 1. The highest BCUT2D eigenvalue weighted by atomic mass is 16.4. The Hall–Kier alpha value is -2.04. The first kappa shape index (κ1) is 15.4. The first-order chi connectivity index (χ1) is 10.1. The molecular weight excluding hydrogens is 268 g/mol. The largest absolute Gasteiger partial charge is 0.478 e. The van der Waals surface area contributed by atoms with Crippen molar-refractivity contribution in [1.29, 1.82) is 0 Å². The molecule has 0 spiro atoms. The molecule has 5 nitrogen and oxygen atoms in total. The van der Waals surface area contributed by atoms with E-state index >= 15 is 0 Å². The van der Waals surface area contributed by atoms with Crippen LogP contribution in [-0.2, 0) is 0 Å². The smallest absolute Gasteiger partial charge is 0.337 e. The lowest BCUT2D eigenvalue weighted by Gasteiger charge is -2.27. The van der Waals surface area contributed by atoms with Crippen LogP contribution >= 0.6 is 0 Å². The van der Waals surface area contributed by atoms with E-state index in [9.17, 15) is 9.59 Å². The maximum Gasteiger partial charge on any atom is 0.337 e. The Kier molecular flexibility index (Phi) is 4.83. The molecule has 1 saturated carbocycles. The quantitative estimate of drug-likeness (QED) is 0.777. The standard InChI is InChI=1S/C16H22N2O3/c1-2-16(9-5-6-10-16)11-17-15(21)18-13-8-4-3-7-12(13)14(19)20/h3-4,7-8H,2,5-6,9-11H2,1H3,(H,19,20)(H2,17,18,21). The fourth-order valence-electron chi connectivity index (χ4n) is 2.99. The summed E-state index contributed by atoms with van der Waals surface area (Å²) in [6.07, 6.45) is 5.79. The van der Waals surface area contributed by atoms with E-state index in [1.54, 1.807) is 18.2 Å². The van der Waals surface area contributed by atoms with Crippen molar-refractivity contribution in [3.63, 3.8) is 0 Å². The van der Waals surface area contributed by atoms with Crippen LogP contribution in [0, 0.1) is 5.41 Å². The van der Waals surface area contributed by atoms with Gasteiger partial charge in [0.2, 0.25) is 0 Å². The molecule has 1 fully saturated rings. The highest BCUT2D eigenvalue weighted by Crippen LogP contribution is 2.40. The average Bonchev–Trinajstić information content (AvgIpc) is 2.95. The van der Waals surface area contributed by atoms with Crippen molar-refractivity contribution in [3.05, 3.63) is 29.8 Å². The van der Waals surface area contributed by atoms with Gasteiger partial charge in [-0.1, -0.05) is 31.9 Å². The van der Waals surface area contributed by atoms with Gasteiger partial charge in [-0.2, -0.15) is 0 Å². The molecule has 3 N–H and O–H groups in total. The summed E-state index contributed by atoms with van der Waals surface area (Å²) in [6, 6.07) is 6.06. The third kappa shape index (κ3) is 3.74. The number of nitrogens with one attached hydrogen (secondary N) is 2. The molecule has 0 bridgehead atoms. The van der Waals surface area contributed by atoms with E-state index < -0.39 is 5.97 Å². The third-order valence-corrected chi connectivity index (χ3v) is 4.44. The van der Waals surface area contributed by atoms with Gasteiger partial charge in [-0.15, -0.1) is 0 Å². The lowest BCUT2D eigenvalue weighted by Crippen LogP contribution is -2.38. The molecule has 5 heteroatoms. The molecule has 2 rings (SSSR count). The van der Waals surface area contributed by atoms with Gasteiger partial charge in [0.25, 0.3) is 0 Å². The lowest BCUT2D eigenvalue weighted by molar-refractivity contribution is 0.0698. The van der Waals surface area contributed by atoms with Crippen LogP contribution in [0.15, 0.2) is 24.3 Å². The SMILES string of the molecule is CCC1(CNC(=O)Nc2ccccc2C(=O)O)CCCC1. The van der Waals surface area contributed by atoms with Gasteiger partial charge in [0.15, 0.2) is 0 Å². The van der Waals surface area contributed by atoms with Crippen molar-refractivity contribution in [3.8, 4) is 0 Å². The highest BCUT2D eigenvalue weighted by molar-refractivity contribution is 5.99. The number of hydrogen-bond acceptors (Lipinski definition) is 2. The average molecular weight is 290 g/mol. The molecule has 114 valence electrons. The number of aromatic carboxylic acids is 1. The summed E-state index contributed by atoms with van der Waals surface area (Å²) in [5, 5.41) is 14.6. The van der Waals surface area contributed by atoms with Crippen molar-refractivity contribution in [2.75, 3.05) is 11.9 Å². The van der Waals surface area contributed by atoms with Crippen molar-refractivity contribution in [1.82, 2.24) is 5.32 Å². The Balaban J connectivity index is 1.95. The molecule has 0 aliphatic heterocycles. The summed E-state index contributed by atoms with van der Waals surface area (Å²) in [6.45, 7) is 2.80. The van der Waals surface area contributed by atoms with E-state index in [0.717, 1.165) is 19.3 Å². The number of rotatable bonds is 5. The first-order valence-electron chi connectivity index (χ1n) is 7.43. The summed E-state index contributed by atoms with van der Waals surface area (Å²) in [4.78, 5) is 23.1. The minimum absolute atomic E-state index is 0.0960. The zero-order valence-electron chi connectivity index (χ0n) is 12.3. The second-order valence-electron chi connectivity index (χ2n) is 5.72. The van der Waals surface area contributed by atoms with E-state index in [-0.39, 0.29) is 17.0 Å². The third-order valence-electron chi connectivity index (χ3n) is 4.44. The Labute approximate surface area is 124 Å². The molecule has 0 heterocycles. The summed E-state index contributed by atoms with van der Waals surface area (Å²) in [7, 11) is 0. The van der Waals surface area contributed by atoms with Crippen LogP contribution in [0.25, 0.3) is 0 Å². The Bertz CT molecular complexity index is 522. The van der Waals surface area contributed by atoms with Crippen molar-refractivity contribution in [2.24, 2.45) is 5.41 Å². The summed E-state index contributed by atoms with van der Waals surface area (Å²) < 4.78 is 0. The van der Waals surface area contributed by atoms with Crippen LogP contribution in [0.1, 0.15) is 49.4 Å². The van der Waals surface area contributed by atoms with Gasteiger partial charge in [0.05, 0.1) is 11.3 Å². The molecule has 0 unspecified atom stereocenters. The van der Waals surface area contributed by atoms with E-state index in [1.165, 1.54) is 18.9 Å². The molecular formula is C16H22N2O3. The summed E-state index contributed by atoms with van der Waals surface area (Å²) in [5.74, 6) is -1.05. The molecule has 1 aliphatic carbocycles. The first-order valence-corrected chi connectivity index (χ1v) is 7.43. The summed E-state index contributed by atoms with van der Waals surface area (Å²) in [5.41, 5.74) is 0.627. The van der Waals surface area contributed by atoms with Crippen molar-refractivity contribution in [2.45, 2.75) is 39.0 Å². The molecule has 0 radical (unpaired) electrons. The van der Waals surface area contributed by atoms with E-state index in [0.29, 0.717) is 12.2 Å². The van der Waals surface area contributed by atoms with Gasteiger partial charge in [0.1, 0.15) is 0 Å². The molecule has 0 saturated heterocycles. The molecule has 0 atom stereocenters. The molecule has 1 aromatic rings. The van der Waals surface area contributed by atoms with Gasteiger partial charge >= 0.3 is 12.0 Å². The van der Waals surface area contributed by atoms with E-state index in [2.05, 4.69) is 17.6 Å². The number of hydrogen-bond donors (Lipinski definition) is 3. The lowest BCUT2D eigenvalue weighted by atomic mass is 9.83. The van der Waals surface area contributed by atoms with Gasteiger partial charge in [-0.05, 0) is 36.8 Å². The van der Waals surface area contributed by atoms with Gasteiger partial charge < -0.3 is 15.7 Å². The molecule has 1 aliphatic rings. The van der Waals surface area contributed by atoms with E-state index in [4.69, 9.17) is 5.11 Å². The maximum atomic E-state index is 12.0. The number of carbonyl (C=O) groups is 2. The molecule has 21 heavy (non-hydrogen) atoms. The number of urea groups is 1. The number of anilines is 1. The van der Waals surface area contributed by atoms with Crippen LogP contribution in [0.4, 0.5) is 10.5 Å². The van der Waals surface area contributed by atoms with E-state index in [1.807, 2.05) is 0 Å². The Morgan fingerprint density at radius 3 is 2.52 bits per heavy atom. The van der Waals surface area contributed by atoms with Gasteiger partial charge in [-0.3, -0.25) is 0 Å². The van der Waals surface area contributed by atoms with Crippen molar-refractivity contribution < 1.29 is 14.7 Å². The Morgan fingerprint density at radius 1 is 1.24 bits per heavy atom. The second-order valence-corrected chi connectivity index (χ2v) is 5.72. The van der Waals surface area contributed by atoms with Gasteiger partial charge in [0, 0.05) is 6.54 Å². The Morgan fingerprint density at radius 2 is 1.90 bits per heavy atom. The van der Waals surface area contributed by atoms with Crippen LogP contribution in [0.2, 0.25) is 0 Å². The summed E-state index contributed by atoms with van der Waals surface area (Å²) >= 11 is 0. The predicted molar refractivity (Wildman–Crippen MR) is 81.6 cm³/mol. The second kappa shape index (κ2) is 6.61. The maximum absolute atomic E-state index is 12.0. The zero-order chi connectivity index (χ0) is 15.3. The monoisotopic (exact) mass is 290 g/mol. The number of carboxylic acid groups (broad SMARTS) is 1. The minimum Gasteiger partial charge on any atom is -0.478 e. The highest BCUT2D eigenvalue weighted by Gasteiger charge is 2.32. The molecule has 0 aromatic heterocycles. The topological polar surface area (TPSA) is 78.4 Å². The van der Waals surface area contributed by atoms with Crippen LogP contribution < -0.4 is 10.6 Å². The van der Waals surface area contributed by atoms with Crippen LogP contribution in [-0.4, -0.2) is 23.7 Å².